The van der Waals surface area contributed by atoms with Gasteiger partial charge in [-0.15, -0.1) is 0 Å². The van der Waals surface area contributed by atoms with Gasteiger partial charge in [-0.2, -0.15) is 0 Å². The maximum Gasteiger partial charge on any atom is 0.242 e. The average Bonchev–Trinajstić information content (AvgIpc) is 2.39. The van der Waals surface area contributed by atoms with E-state index in [1.165, 1.54) is 5.56 Å². The molecule has 1 rings (SSSR count). The molecule has 2 N–H and O–H groups in total. The number of benzene rings is 1. The molecule has 0 saturated carbocycles. The Kier molecular flexibility index (Phi) is 6.22. The van der Waals surface area contributed by atoms with E-state index in [0.29, 0.717) is 13.2 Å². The standard InChI is InChI=1S/C14H22N2O2/c1-4-12-7-5-6-8-13(12)16-11(2)14(17)15-9-10-18-3/h5-8,11,16H,4,9-10H2,1-3H3,(H,15,17). The molecule has 0 aliphatic carbocycles. The summed E-state index contributed by atoms with van der Waals surface area (Å²) in [5.41, 5.74) is 2.24. The molecule has 1 aromatic carbocycles. The van der Waals surface area contributed by atoms with Gasteiger partial charge in [-0.05, 0) is 25.0 Å². The number of nitrogens with one attached hydrogen (secondary N) is 2. The molecule has 18 heavy (non-hydrogen) atoms. The van der Waals surface area contributed by atoms with E-state index in [2.05, 4.69) is 23.6 Å². The second-order valence-electron chi connectivity index (χ2n) is 4.16. The first-order chi connectivity index (χ1) is 8.69. The van der Waals surface area contributed by atoms with Crippen LogP contribution in [-0.4, -0.2) is 32.2 Å². The van der Waals surface area contributed by atoms with Gasteiger partial charge in [0.2, 0.25) is 5.91 Å². The number of amides is 1. The van der Waals surface area contributed by atoms with E-state index in [1.54, 1.807) is 7.11 Å². The third-order valence-corrected chi connectivity index (χ3v) is 2.77. The number of anilines is 1. The number of aryl methyl sites for hydroxylation is 1. The van der Waals surface area contributed by atoms with Crippen LogP contribution in [0, 0.1) is 0 Å². The summed E-state index contributed by atoms with van der Waals surface area (Å²) in [6.45, 7) is 5.03. The van der Waals surface area contributed by atoms with Gasteiger partial charge in [0.25, 0.3) is 0 Å². The number of carbonyl (C=O) groups excluding carboxylic acids is 1. The SMILES string of the molecule is CCc1ccccc1NC(C)C(=O)NCCOC. The van der Waals surface area contributed by atoms with Gasteiger partial charge in [0.15, 0.2) is 0 Å². The van der Waals surface area contributed by atoms with Gasteiger partial charge in [0.05, 0.1) is 6.61 Å². The van der Waals surface area contributed by atoms with Crippen LogP contribution in [0.1, 0.15) is 19.4 Å². The zero-order chi connectivity index (χ0) is 13.4. The van der Waals surface area contributed by atoms with E-state index in [-0.39, 0.29) is 11.9 Å². The average molecular weight is 250 g/mol. The summed E-state index contributed by atoms with van der Waals surface area (Å²) >= 11 is 0. The van der Waals surface area contributed by atoms with E-state index < -0.39 is 0 Å². The summed E-state index contributed by atoms with van der Waals surface area (Å²) < 4.78 is 4.89. The highest BCUT2D eigenvalue weighted by Crippen LogP contribution is 2.16. The summed E-state index contributed by atoms with van der Waals surface area (Å²) in [6.07, 6.45) is 0.946. The van der Waals surface area contributed by atoms with Crippen LogP contribution in [0.5, 0.6) is 0 Å². The lowest BCUT2D eigenvalue weighted by Gasteiger charge is -2.17. The number of para-hydroxylation sites is 1. The molecule has 100 valence electrons. The predicted octanol–water partition coefficient (Wildman–Crippen LogP) is 1.81. The minimum absolute atomic E-state index is 0.0158. The van der Waals surface area contributed by atoms with Gasteiger partial charge in [-0.3, -0.25) is 4.79 Å². The Morgan fingerprint density at radius 1 is 1.39 bits per heavy atom. The van der Waals surface area contributed by atoms with Crippen LogP contribution in [0.25, 0.3) is 0 Å². The van der Waals surface area contributed by atoms with Crippen LogP contribution in [0.15, 0.2) is 24.3 Å². The Hall–Kier alpha value is -1.55. The van der Waals surface area contributed by atoms with Crippen LogP contribution in [-0.2, 0) is 16.0 Å². The quantitative estimate of drug-likeness (QED) is 0.726. The van der Waals surface area contributed by atoms with Crippen molar-refractivity contribution in [3.8, 4) is 0 Å². The summed E-state index contributed by atoms with van der Waals surface area (Å²) in [5.74, 6) is -0.0158. The van der Waals surface area contributed by atoms with Gasteiger partial charge in [-0.1, -0.05) is 25.1 Å². The Labute approximate surface area is 109 Å². The molecule has 0 aliphatic rings. The molecular formula is C14H22N2O2. The van der Waals surface area contributed by atoms with Crippen molar-refractivity contribution < 1.29 is 9.53 Å². The molecule has 0 aliphatic heterocycles. The second kappa shape index (κ2) is 7.71. The van der Waals surface area contributed by atoms with E-state index in [0.717, 1.165) is 12.1 Å². The number of ether oxygens (including phenoxy) is 1. The highest BCUT2D eigenvalue weighted by atomic mass is 16.5. The van der Waals surface area contributed by atoms with Crippen LogP contribution < -0.4 is 10.6 Å². The van der Waals surface area contributed by atoms with Crippen molar-refractivity contribution >= 4 is 11.6 Å². The van der Waals surface area contributed by atoms with Crippen LogP contribution >= 0.6 is 0 Å². The smallest absolute Gasteiger partial charge is 0.242 e. The lowest BCUT2D eigenvalue weighted by atomic mass is 10.1. The maximum absolute atomic E-state index is 11.8. The summed E-state index contributed by atoms with van der Waals surface area (Å²) in [7, 11) is 1.62. The molecule has 0 radical (unpaired) electrons. The molecule has 0 aromatic heterocycles. The van der Waals surface area contributed by atoms with Crippen LogP contribution in [0.3, 0.4) is 0 Å². The van der Waals surface area contributed by atoms with Crippen molar-refractivity contribution in [2.24, 2.45) is 0 Å². The second-order valence-corrected chi connectivity index (χ2v) is 4.16. The molecule has 1 aromatic rings. The van der Waals surface area contributed by atoms with Crippen molar-refractivity contribution in [3.05, 3.63) is 29.8 Å². The third kappa shape index (κ3) is 4.37. The van der Waals surface area contributed by atoms with E-state index in [1.807, 2.05) is 25.1 Å². The highest BCUT2D eigenvalue weighted by molar-refractivity contribution is 5.84. The maximum atomic E-state index is 11.8. The lowest BCUT2D eigenvalue weighted by Crippen LogP contribution is -2.39. The summed E-state index contributed by atoms with van der Waals surface area (Å²) in [6, 6.07) is 7.79. The minimum atomic E-state index is -0.255. The molecule has 0 saturated heterocycles. The van der Waals surface area contributed by atoms with Crippen molar-refractivity contribution in [2.75, 3.05) is 25.6 Å². The first-order valence-electron chi connectivity index (χ1n) is 6.30. The first kappa shape index (κ1) is 14.5. The van der Waals surface area contributed by atoms with Crippen molar-refractivity contribution in [3.63, 3.8) is 0 Å². The molecule has 1 unspecified atom stereocenters. The molecule has 0 fully saturated rings. The fourth-order valence-corrected chi connectivity index (χ4v) is 1.70. The van der Waals surface area contributed by atoms with Gasteiger partial charge in [0.1, 0.15) is 6.04 Å². The predicted molar refractivity (Wildman–Crippen MR) is 73.8 cm³/mol. The zero-order valence-electron chi connectivity index (χ0n) is 11.3. The number of rotatable bonds is 7. The number of hydrogen-bond acceptors (Lipinski definition) is 3. The third-order valence-electron chi connectivity index (χ3n) is 2.77. The van der Waals surface area contributed by atoms with E-state index >= 15 is 0 Å². The van der Waals surface area contributed by atoms with Gasteiger partial charge < -0.3 is 15.4 Å². The van der Waals surface area contributed by atoms with Crippen molar-refractivity contribution in [2.45, 2.75) is 26.3 Å². The van der Waals surface area contributed by atoms with E-state index in [9.17, 15) is 4.79 Å². The molecule has 4 nitrogen and oxygen atoms in total. The molecule has 1 amide bonds. The fraction of sp³-hybridized carbons (Fsp3) is 0.500. The van der Waals surface area contributed by atoms with Gasteiger partial charge in [-0.25, -0.2) is 0 Å². The summed E-state index contributed by atoms with van der Waals surface area (Å²) in [4.78, 5) is 11.8. The molecular weight excluding hydrogens is 228 g/mol. The van der Waals surface area contributed by atoms with Gasteiger partial charge >= 0.3 is 0 Å². The molecule has 1 atom stereocenters. The highest BCUT2D eigenvalue weighted by Gasteiger charge is 2.12. The monoisotopic (exact) mass is 250 g/mol. The normalized spacial score (nSPS) is 11.9. The molecule has 0 spiro atoms. The van der Waals surface area contributed by atoms with Crippen molar-refractivity contribution in [1.29, 1.82) is 0 Å². The minimum Gasteiger partial charge on any atom is -0.383 e. The van der Waals surface area contributed by atoms with Crippen LogP contribution in [0.2, 0.25) is 0 Å². The van der Waals surface area contributed by atoms with Crippen LogP contribution in [0.4, 0.5) is 5.69 Å². The topological polar surface area (TPSA) is 50.4 Å². The fourth-order valence-electron chi connectivity index (χ4n) is 1.70. The van der Waals surface area contributed by atoms with Gasteiger partial charge in [0, 0.05) is 19.3 Å². The lowest BCUT2D eigenvalue weighted by molar-refractivity contribution is -0.121. The Balaban J connectivity index is 2.52. The Morgan fingerprint density at radius 2 is 2.11 bits per heavy atom. The number of carbonyl (C=O) groups is 1. The summed E-state index contributed by atoms with van der Waals surface area (Å²) in [5, 5.41) is 6.05. The molecule has 0 bridgehead atoms. The molecule has 0 heterocycles. The largest absolute Gasteiger partial charge is 0.383 e. The first-order valence-corrected chi connectivity index (χ1v) is 6.30. The van der Waals surface area contributed by atoms with E-state index in [4.69, 9.17) is 4.74 Å². The number of methoxy groups -OCH3 is 1. The Bertz CT molecular complexity index is 380. The Morgan fingerprint density at radius 3 is 2.78 bits per heavy atom. The molecule has 4 heteroatoms. The number of hydrogen-bond donors (Lipinski definition) is 2. The zero-order valence-corrected chi connectivity index (χ0v) is 11.3. The van der Waals surface area contributed by atoms with Crippen molar-refractivity contribution in [1.82, 2.24) is 5.32 Å².